The molecule has 0 aliphatic rings. The summed E-state index contributed by atoms with van der Waals surface area (Å²) >= 11 is 0. The van der Waals surface area contributed by atoms with Gasteiger partial charge in [0, 0.05) is 13.1 Å². The average Bonchev–Trinajstić information content (AvgIpc) is 2.21. The van der Waals surface area contributed by atoms with Crippen molar-refractivity contribution in [2.75, 3.05) is 18.0 Å². The lowest BCUT2D eigenvalue weighted by molar-refractivity contribution is 0.627. The smallest absolute Gasteiger partial charge is 0.124 e. The van der Waals surface area contributed by atoms with E-state index >= 15 is 0 Å². The molecule has 0 N–H and O–H groups in total. The van der Waals surface area contributed by atoms with Gasteiger partial charge in [-0.1, -0.05) is 0 Å². The zero-order valence-electron chi connectivity index (χ0n) is 8.42. The molecule has 1 aromatic carbocycles. The minimum absolute atomic E-state index is 0.363. The highest BCUT2D eigenvalue weighted by Crippen LogP contribution is 2.20. The van der Waals surface area contributed by atoms with Crippen molar-refractivity contribution in [3.8, 4) is 6.07 Å². The Morgan fingerprint density at radius 1 is 1.36 bits per heavy atom. The van der Waals surface area contributed by atoms with Crippen LogP contribution in [0.15, 0.2) is 18.2 Å². The van der Waals surface area contributed by atoms with Crippen LogP contribution in [-0.2, 0) is 0 Å². The van der Waals surface area contributed by atoms with Gasteiger partial charge in [0.2, 0.25) is 0 Å². The van der Waals surface area contributed by atoms with E-state index in [1.807, 2.05) is 24.8 Å². The van der Waals surface area contributed by atoms with Crippen LogP contribution < -0.4 is 4.90 Å². The van der Waals surface area contributed by atoms with Crippen LogP contribution in [0.4, 0.5) is 10.1 Å². The molecule has 0 saturated heterocycles. The molecule has 14 heavy (non-hydrogen) atoms. The van der Waals surface area contributed by atoms with Crippen molar-refractivity contribution in [3.05, 3.63) is 29.6 Å². The maximum absolute atomic E-state index is 12.8. The standard InChI is InChI=1S/C11H13FN2/c1-3-14(4-2)11-6-5-10(12)7-9(11)8-13/h5-7H,3-4H2,1-2H3. The second-order valence-corrected chi connectivity index (χ2v) is 2.95. The lowest BCUT2D eigenvalue weighted by atomic mass is 10.1. The number of halogens is 1. The molecule has 0 saturated carbocycles. The van der Waals surface area contributed by atoms with Gasteiger partial charge in [0.25, 0.3) is 0 Å². The van der Waals surface area contributed by atoms with Crippen LogP contribution >= 0.6 is 0 Å². The van der Waals surface area contributed by atoms with Gasteiger partial charge in [-0.05, 0) is 32.0 Å². The van der Waals surface area contributed by atoms with Gasteiger partial charge in [0.05, 0.1) is 11.3 Å². The van der Waals surface area contributed by atoms with E-state index in [1.54, 1.807) is 6.07 Å². The molecule has 1 aromatic rings. The molecular formula is C11H13FN2. The highest BCUT2D eigenvalue weighted by molar-refractivity contribution is 5.59. The molecule has 0 heterocycles. The minimum Gasteiger partial charge on any atom is -0.371 e. The second-order valence-electron chi connectivity index (χ2n) is 2.95. The Kier molecular flexibility index (Phi) is 3.47. The van der Waals surface area contributed by atoms with Crippen molar-refractivity contribution < 1.29 is 4.39 Å². The fourth-order valence-electron chi connectivity index (χ4n) is 1.44. The van der Waals surface area contributed by atoms with Crippen LogP contribution in [-0.4, -0.2) is 13.1 Å². The number of nitrogens with zero attached hydrogens (tertiary/aromatic N) is 2. The molecule has 1 rings (SSSR count). The molecule has 0 amide bonds. The number of nitriles is 1. The summed E-state index contributed by atoms with van der Waals surface area (Å²) in [5, 5.41) is 8.84. The first-order valence-electron chi connectivity index (χ1n) is 4.67. The minimum atomic E-state index is -0.363. The predicted octanol–water partition coefficient (Wildman–Crippen LogP) is 2.54. The molecule has 0 unspecified atom stereocenters. The normalized spacial score (nSPS) is 9.57. The first kappa shape index (κ1) is 10.5. The van der Waals surface area contributed by atoms with E-state index in [0.29, 0.717) is 5.56 Å². The van der Waals surface area contributed by atoms with Gasteiger partial charge in [-0.25, -0.2) is 4.39 Å². The van der Waals surface area contributed by atoms with Crippen molar-refractivity contribution in [1.29, 1.82) is 5.26 Å². The molecule has 0 aromatic heterocycles. The quantitative estimate of drug-likeness (QED) is 0.735. The summed E-state index contributed by atoms with van der Waals surface area (Å²) in [6.07, 6.45) is 0. The third-order valence-corrected chi connectivity index (χ3v) is 2.18. The van der Waals surface area contributed by atoms with Gasteiger partial charge in [-0.15, -0.1) is 0 Å². The monoisotopic (exact) mass is 192 g/mol. The molecule has 0 aliphatic heterocycles. The van der Waals surface area contributed by atoms with Crippen molar-refractivity contribution in [2.24, 2.45) is 0 Å². The van der Waals surface area contributed by atoms with E-state index in [1.165, 1.54) is 12.1 Å². The maximum atomic E-state index is 12.8. The summed E-state index contributed by atoms with van der Waals surface area (Å²) in [6.45, 7) is 5.65. The molecule has 0 atom stereocenters. The summed E-state index contributed by atoms with van der Waals surface area (Å²) in [7, 11) is 0. The lowest BCUT2D eigenvalue weighted by Crippen LogP contribution is -2.22. The van der Waals surface area contributed by atoms with E-state index < -0.39 is 0 Å². The molecule has 0 aliphatic carbocycles. The van der Waals surface area contributed by atoms with E-state index in [9.17, 15) is 4.39 Å². The Morgan fingerprint density at radius 2 is 2.00 bits per heavy atom. The van der Waals surface area contributed by atoms with Crippen LogP contribution in [0.25, 0.3) is 0 Å². The van der Waals surface area contributed by atoms with Gasteiger partial charge in [-0.2, -0.15) is 5.26 Å². The second kappa shape index (κ2) is 4.61. The van der Waals surface area contributed by atoms with E-state index in [4.69, 9.17) is 5.26 Å². The fraction of sp³-hybridized carbons (Fsp3) is 0.364. The van der Waals surface area contributed by atoms with Gasteiger partial charge in [0.1, 0.15) is 11.9 Å². The van der Waals surface area contributed by atoms with Crippen molar-refractivity contribution in [1.82, 2.24) is 0 Å². The van der Waals surface area contributed by atoms with Gasteiger partial charge in [-0.3, -0.25) is 0 Å². The van der Waals surface area contributed by atoms with E-state index in [2.05, 4.69) is 0 Å². The summed E-state index contributed by atoms with van der Waals surface area (Å²) in [4.78, 5) is 2.03. The first-order chi connectivity index (χ1) is 6.72. The van der Waals surface area contributed by atoms with Crippen LogP contribution in [0, 0.1) is 17.1 Å². The first-order valence-corrected chi connectivity index (χ1v) is 4.67. The molecule has 3 heteroatoms. The summed E-state index contributed by atoms with van der Waals surface area (Å²) in [6, 6.07) is 6.31. The van der Waals surface area contributed by atoms with Crippen LogP contribution in [0.5, 0.6) is 0 Å². The topological polar surface area (TPSA) is 27.0 Å². The highest BCUT2D eigenvalue weighted by atomic mass is 19.1. The molecule has 0 fully saturated rings. The third-order valence-electron chi connectivity index (χ3n) is 2.18. The number of hydrogen-bond acceptors (Lipinski definition) is 2. The number of benzene rings is 1. The molecular weight excluding hydrogens is 179 g/mol. The Morgan fingerprint density at radius 3 is 2.50 bits per heavy atom. The van der Waals surface area contributed by atoms with E-state index in [-0.39, 0.29) is 5.82 Å². The maximum Gasteiger partial charge on any atom is 0.124 e. The SMILES string of the molecule is CCN(CC)c1ccc(F)cc1C#N. The van der Waals surface area contributed by atoms with E-state index in [0.717, 1.165) is 18.8 Å². The van der Waals surface area contributed by atoms with Crippen molar-refractivity contribution >= 4 is 5.69 Å². The van der Waals surface area contributed by atoms with Crippen molar-refractivity contribution in [3.63, 3.8) is 0 Å². The lowest BCUT2D eigenvalue weighted by Gasteiger charge is -2.21. The Labute approximate surface area is 83.6 Å². The number of anilines is 1. The summed E-state index contributed by atoms with van der Waals surface area (Å²) < 4.78 is 12.8. The summed E-state index contributed by atoms with van der Waals surface area (Å²) in [5.41, 5.74) is 1.20. The summed E-state index contributed by atoms with van der Waals surface area (Å²) in [5.74, 6) is -0.363. The van der Waals surface area contributed by atoms with Gasteiger partial charge in [0.15, 0.2) is 0 Å². The van der Waals surface area contributed by atoms with Crippen LogP contribution in [0.3, 0.4) is 0 Å². The van der Waals surface area contributed by atoms with Crippen LogP contribution in [0.2, 0.25) is 0 Å². The Bertz CT molecular complexity index is 351. The van der Waals surface area contributed by atoms with Crippen molar-refractivity contribution in [2.45, 2.75) is 13.8 Å². The number of hydrogen-bond donors (Lipinski definition) is 0. The largest absolute Gasteiger partial charge is 0.371 e. The molecule has 2 nitrogen and oxygen atoms in total. The fourth-order valence-corrected chi connectivity index (χ4v) is 1.44. The molecule has 0 radical (unpaired) electrons. The highest BCUT2D eigenvalue weighted by Gasteiger charge is 2.08. The predicted molar refractivity (Wildman–Crippen MR) is 54.7 cm³/mol. The van der Waals surface area contributed by atoms with Crippen LogP contribution in [0.1, 0.15) is 19.4 Å². The van der Waals surface area contributed by atoms with Gasteiger partial charge >= 0.3 is 0 Å². The van der Waals surface area contributed by atoms with Gasteiger partial charge < -0.3 is 4.90 Å². The number of rotatable bonds is 3. The molecule has 74 valence electrons. The zero-order chi connectivity index (χ0) is 10.6. The zero-order valence-corrected chi connectivity index (χ0v) is 8.42. The molecule has 0 bridgehead atoms. The third kappa shape index (κ3) is 2.02. The molecule has 0 spiro atoms. The Balaban J connectivity index is 3.14. The Hall–Kier alpha value is -1.56. The average molecular weight is 192 g/mol.